The summed E-state index contributed by atoms with van der Waals surface area (Å²) in [5.74, 6) is 0.472. The number of halogens is 1. The molecule has 0 unspecified atom stereocenters. The van der Waals surface area contributed by atoms with Gasteiger partial charge in [-0.2, -0.15) is 0 Å². The second-order valence-corrected chi connectivity index (χ2v) is 9.15. The van der Waals surface area contributed by atoms with E-state index in [0.717, 1.165) is 64.6 Å². The number of methoxy groups -OCH3 is 2. The standard InChI is InChI=1S/C28H36FNO5/c1-34-26-18-23(25(32)19-27(26)35-2)24(31)8-6-4-3-5-7-15-30-16-13-21(14-17-30)28(33)20-9-11-22(29)12-10-20/h9-12,18-19,21,32H,3-8,13-17H2,1-2H3. The van der Waals surface area contributed by atoms with Gasteiger partial charge in [0.1, 0.15) is 11.6 Å². The lowest BCUT2D eigenvalue weighted by Crippen LogP contribution is -2.36. The third-order valence-electron chi connectivity index (χ3n) is 6.77. The second kappa shape index (κ2) is 13.2. The van der Waals surface area contributed by atoms with Crippen molar-refractivity contribution in [1.29, 1.82) is 0 Å². The van der Waals surface area contributed by atoms with Gasteiger partial charge >= 0.3 is 0 Å². The Hall–Kier alpha value is -2.93. The molecule has 0 saturated carbocycles. The summed E-state index contributed by atoms with van der Waals surface area (Å²) in [5.41, 5.74) is 0.869. The number of nitrogens with zero attached hydrogens (tertiary/aromatic N) is 1. The number of unbranched alkanes of at least 4 members (excludes halogenated alkanes) is 4. The molecular formula is C28H36FNO5. The number of phenolic OH excluding ortho intramolecular Hbond substituents is 1. The van der Waals surface area contributed by atoms with E-state index in [4.69, 9.17) is 9.47 Å². The largest absolute Gasteiger partial charge is 0.507 e. The number of likely N-dealkylation sites (tertiary alicyclic amines) is 1. The highest BCUT2D eigenvalue weighted by Gasteiger charge is 2.25. The Balaban J connectivity index is 1.28. The summed E-state index contributed by atoms with van der Waals surface area (Å²) in [7, 11) is 2.98. The highest BCUT2D eigenvalue weighted by molar-refractivity contribution is 5.99. The van der Waals surface area contributed by atoms with E-state index < -0.39 is 0 Å². The molecule has 0 bridgehead atoms. The van der Waals surface area contributed by atoms with Crippen LogP contribution in [0.2, 0.25) is 0 Å². The highest BCUT2D eigenvalue weighted by Crippen LogP contribution is 2.34. The van der Waals surface area contributed by atoms with Crippen molar-refractivity contribution in [2.24, 2.45) is 5.92 Å². The average Bonchev–Trinajstić information content (AvgIpc) is 2.88. The minimum absolute atomic E-state index is 0.0272. The summed E-state index contributed by atoms with van der Waals surface area (Å²) in [6, 6.07) is 8.79. The van der Waals surface area contributed by atoms with Gasteiger partial charge in [0, 0.05) is 24.0 Å². The Morgan fingerprint density at radius 3 is 2.20 bits per heavy atom. The number of aromatic hydroxyl groups is 1. The third-order valence-corrected chi connectivity index (χ3v) is 6.77. The molecule has 0 atom stereocenters. The Bertz CT molecular complexity index is 984. The number of piperidine rings is 1. The molecule has 0 spiro atoms. The van der Waals surface area contributed by atoms with Gasteiger partial charge in [0.25, 0.3) is 0 Å². The van der Waals surface area contributed by atoms with Crippen LogP contribution in [0.15, 0.2) is 36.4 Å². The molecule has 7 heteroatoms. The summed E-state index contributed by atoms with van der Waals surface area (Å²) in [4.78, 5) is 27.5. The molecule has 1 N–H and O–H groups in total. The van der Waals surface area contributed by atoms with Crippen molar-refractivity contribution in [2.45, 2.75) is 51.4 Å². The smallest absolute Gasteiger partial charge is 0.166 e. The summed E-state index contributed by atoms with van der Waals surface area (Å²) in [6.45, 7) is 2.86. The number of Topliss-reactive ketones (excluding diaryl/α,β-unsaturated/α-hetero) is 2. The molecule has 0 radical (unpaired) electrons. The number of benzene rings is 2. The van der Waals surface area contributed by atoms with Crippen LogP contribution in [0.5, 0.6) is 17.2 Å². The van der Waals surface area contributed by atoms with Gasteiger partial charge in [0.15, 0.2) is 23.1 Å². The monoisotopic (exact) mass is 485 g/mol. The van der Waals surface area contributed by atoms with Crippen molar-refractivity contribution in [2.75, 3.05) is 33.9 Å². The van der Waals surface area contributed by atoms with E-state index in [1.807, 2.05) is 0 Å². The lowest BCUT2D eigenvalue weighted by molar-refractivity contribution is 0.0838. The molecule has 35 heavy (non-hydrogen) atoms. The van der Waals surface area contributed by atoms with Gasteiger partial charge in [0.2, 0.25) is 0 Å². The lowest BCUT2D eigenvalue weighted by Gasteiger charge is -2.31. The van der Waals surface area contributed by atoms with E-state index in [9.17, 15) is 19.1 Å². The van der Waals surface area contributed by atoms with Crippen molar-refractivity contribution in [3.63, 3.8) is 0 Å². The first-order chi connectivity index (χ1) is 16.9. The van der Waals surface area contributed by atoms with Crippen LogP contribution in [0, 0.1) is 11.7 Å². The SMILES string of the molecule is COc1cc(O)c(C(=O)CCCCCCCN2CCC(C(=O)c3ccc(F)cc3)CC2)cc1OC. The molecular weight excluding hydrogens is 449 g/mol. The maximum atomic E-state index is 13.1. The van der Waals surface area contributed by atoms with Crippen LogP contribution < -0.4 is 9.47 Å². The number of rotatable bonds is 13. The summed E-state index contributed by atoms with van der Waals surface area (Å²) in [6.07, 6.45) is 7.09. The molecule has 1 saturated heterocycles. The van der Waals surface area contributed by atoms with E-state index in [1.165, 1.54) is 38.5 Å². The zero-order valence-corrected chi connectivity index (χ0v) is 20.7. The zero-order chi connectivity index (χ0) is 25.2. The first-order valence-corrected chi connectivity index (χ1v) is 12.4. The predicted octanol–water partition coefficient (Wildman–Crippen LogP) is 5.67. The molecule has 0 aromatic heterocycles. The Labute approximate surface area is 207 Å². The van der Waals surface area contributed by atoms with Gasteiger partial charge in [-0.3, -0.25) is 9.59 Å². The molecule has 3 rings (SSSR count). The van der Waals surface area contributed by atoms with Gasteiger partial charge in [-0.25, -0.2) is 4.39 Å². The topological polar surface area (TPSA) is 76.1 Å². The molecule has 1 aliphatic heterocycles. The van der Waals surface area contributed by atoms with Gasteiger partial charge in [-0.1, -0.05) is 19.3 Å². The maximum Gasteiger partial charge on any atom is 0.166 e. The number of carbonyl (C=O) groups excluding carboxylic acids is 2. The third kappa shape index (κ3) is 7.52. The van der Waals surface area contributed by atoms with Crippen LogP contribution in [0.4, 0.5) is 4.39 Å². The average molecular weight is 486 g/mol. The van der Waals surface area contributed by atoms with Gasteiger partial charge in [0.05, 0.1) is 19.8 Å². The van der Waals surface area contributed by atoms with E-state index >= 15 is 0 Å². The first kappa shape index (κ1) is 26.7. The molecule has 190 valence electrons. The molecule has 2 aromatic carbocycles. The Kier molecular flexibility index (Phi) is 10.1. The van der Waals surface area contributed by atoms with E-state index in [0.29, 0.717) is 23.5 Å². The predicted molar refractivity (Wildman–Crippen MR) is 133 cm³/mol. The van der Waals surface area contributed by atoms with Crippen LogP contribution in [0.3, 0.4) is 0 Å². The van der Waals surface area contributed by atoms with E-state index in [-0.39, 0.29) is 34.6 Å². The molecule has 0 aliphatic carbocycles. The number of phenols is 1. The van der Waals surface area contributed by atoms with Crippen molar-refractivity contribution in [3.8, 4) is 17.2 Å². The minimum atomic E-state index is -0.319. The molecule has 2 aromatic rings. The normalized spacial score (nSPS) is 14.6. The summed E-state index contributed by atoms with van der Waals surface area (Å²) < 4.78 is 23.4. The van der Waals surface area contributed by atoms with Crippen molar-refractivity contribution in [1.82, 2.24) is 4.90 Å². The Morgan fingerprint density at radius 1 is 0.943 bits per heavy atom. The fourth-order valence-corrected chi connectivity index (χ4v) is 4.65. The second-order valence-electron chi connectivity index (χ2n) is 9.15. The van der Waals surface area contributed by atoms with Crippen molar-refractivity contribution in [3.05, 3.63) is 53.3 Å². The maximum absolute atomic E-state index is 13.1. The molecule has 1 fully saturated rings. The number of carbonyl (C=O) groups is 2. The van der Waals surface area contributed by atoms with Crippen LogP contribution in [0.25, 0.3) is 0 Å². The van der Waals surface area contributed by atoms with Gasteiger partial charge in [-0.15, -0.1) is 0 Å². The van der Waals surface area contributed by atoms with Crippen molar-refractivity contribution >= 4 is 11.6 Å². The molecule has 1 heterocycles. The molecule has 0 amide bonds. The first-order valence-electron chi connectivity index (χ1n) is 12.4. The van der Waals surface area contributed by atoms with Gasteiger partial charge in [-0.05, 0) is 75.6 Å². The highest BCUT2D eigenvalue weighted by atomic mass is 19.1. The molecule has 1 aliphatic rings. The van der Waals surface area contributed by atoms with Crippen LogP contribution in [-0.4, -0.2) is 55.4 Å². The quantitative estimate of drug-likeness (QED) is 0.291. The fraction of sp³-hybridized carbons (Fsp3) is 0.500. The van der Waals surface area contributed by atoms with E-state index in [1.54, 1.807) is 12.1 Å². The van der Waals surface area contributed by atoms with E-state index in [2.05, 4.69) is 4.90 Å². The number of hydrogen-bond donors (Lipinski definition) is 1. The molecule has 6 nitrogen and oxygen atoms in total. The van der Waals surface area contributed by atoms with Gasteiger partial charge < -0.3 is 19.5 Å². The number of ketones is 2. The number of hydrogen-bond acceptors (Lipinski definition) is 6. The van der Waals surface area contributed by atoms with Crippen LogP contribution in [0.1, 0.15) is 72.1 Å². The fourth-order valence-electron chi connectivity index (χ4n) is 4.65. The zero-order valence-electron chi connectivity index (χ0n) is 20.7. The number of ether oxygens (including phenoxy) is 2. The van der Waals surface area contributed by atoms with Crippen LogP contribution in [-0.2, 0) is 0 Å². The summed E-state index contributed by atoms with van der Waals surface area (Å²) in [5, 5.41) is 10.1. The summed E-state index contributed by atoms with van der Waals surface area (Å²) >= 11 is 0. The Morgan fingerprint density at radius 2 is 1.54 bits per heavy atom. The lowest BCUT2D eigenvalue weighted by atomic mass is 9.89. The van der Waals surface area contributed by atoms with Crippen LogP contribution >= 0.6 is 0 Å². The van der Waals surface area contributed by atoms with Crippen molar-refractivity contribution < 1.29 is 28.6 Å². The minimum Gasteiger partial charge on any atom is -0.507 e.